The second-order valence-corrected chi connectivity index (χ2v) is 7.51. The number of aromatic nitrogens is 4. The van der Waals surface area contributed by atoms with Crippen LogP contribution in [0.1, 0.15) is 0 Å². The summed E-state index contributed by atoms with van der Waals surface area (Å²) < 4.78 is 13.8. The first kappa shape index (κ1) is 17.6. The summed E-state index contributed by atoms with van der Waals surface area (Å²) in [7, 11) is 0. The van der Waals surface area contributed by atoms with Crippen molar-refractivity contribution in [3.63, 3.8) is 0 Å². The van der Waals surface area contributed by atoms with Gasteiger partial charge in [-0.15, -0.1) is 0 Å². The van der Waals surface area contributed by atoms with Crippen LogP contribution in [0.4, 0.5) is 4.39 Å². The summed E-state index contributed by atoms with van der Waals surface area (Å²) in [5.41, 5.74) is 7.47. The molecule has 0 aliphatic rings. The highest BCUT2D eigenvalue weighted by Crippen LogP contribution is 2.35. The Morgan fingerprint density at radius 2 is 1.65 bits per heavy atom. The molecule has 3 aromatic carbocycles. The van der Waals surface area contributed by atoms with Crippen molar-refractivity contribution < 1.29 is 4.39 Å². The number of H-pyrrole nitrogens is 2. The lowest BCUT2D eigenvalue weighted by atomic mass is 10.0. The maximum Gasteiger partial charge on any atom is 0.123 e. The van der Waals surface area contributed by atoms with E-state index in [1.54, 1.807) is 18.3 Å². The van der Waals surface area contributed by atoms with Crippen LogP contribution in [0.15, 0.2) is 91.1 Å². The quantitative estimate of drug-likeness (QED) is 0.350. The zero-order valence-electron chi connectivity index (χ0n) is 16.4. The number of nitrogens with one attached hydrogen (secondary N) is 2. The van der Waals surface area contributed by atoms with Crippen molar-refractivity contribution in [3.05, 3.63) is 96.9 Å². The van der Waals surface area contributed by atoms with Crippen molar-refractivity contribution >= 4 is 21.8 Å². The van der Waals surface area contributed by atoms with Crippen LogP contribution in [0.2, 0.25) is 0 Å². The molecule has 0 radical (unpaired) electrons. The van der Waals surface area contributed by atoms with Crippen LogP contribution in [-0.4, -0.2) is 20.2 Å². The minimum Gasteiger partial charge on any atom is -0.353 e. The van der Waals surface area contributed by atoms with E-state index in [0.717, 1.165) is 55.6 Å². The van der Waals surface area contributed by atoms with Crippen LogP contribution < -0.4 is 0 Å². The Kier molecular flexibility index (Phi) is 3.93. The Bertz CT molecular complexity index is 1550. The molecule has 0 spiro atoms. The van der Waals surface area contributed by atoms with Gasteiger partial charge in [0.2, 0.25) is 0 Å². The average molecular weight is 404 g/mol. The molecule has 0 aliphatic heterocycles. The highest BCUT2D eigenvalue weighted by molar-refractivity contribution is 6.01. The third-order valence-corrected chi connectivity index (χ3v) is 5.58. The summed E-state index contributed by atoms with van der Waals surface area (Å²) in [5, 5.41) is 9.74. The zero-order valence-corrected chi connectivity index (χ0v) is 16.4. The standard InChI is InChI=1S/C26H17FN4/c27-18-6-3-5-16(13-18)19-7-4-9-23-20(19)15-25(29-23)26-21-14-17(10-11-24(21)30-31-26)22-8-1-2-12-28-22/h1-15,29H,(H,30,31). The number of rotatable bonds is 3. The van der Waals surface area contributed by atoms with Crippen LogP contribution in [-0.2, 0) is 0 Å². The molecule has 0 bridgehead atoms. The fraction of sp³-hybridized carbons (Fsp3) is 0. The monoisotopic (exact) mass is 404 g/mol. The van der Waals surface area contributed by atoms with Crippen molar-refractivity contribution in [3.8, 4) is 33.8 Å². The first-order valence-electron chi connectivity index (χ1n) is 10.0. The molecule has 2 N–H and O–H groups in total. The summed E-state index contributed by atoms with van der Waals surface area (Å²) in [5.74, 6) is -0.245. The summed E-state index contributed by atoms with van der Waals surface area (Å²) in [6.45, 7) is 0. The second kappa shape index (κ2) is 6.92. The number of benzene rings is 3. The lowest BCUT2D eigenvalue weighted by Crippen LogP contribution is -1.82. The largest absolute Gasteiger partial charge is 0.353 e. The second-order valence-electron chi connectivity index (χ2n) is 7.51. The predicted molar refractivity (Wildman–Crippen MR) is 122 cm³/mol. The van der Waals surface area contributed by atoms with Gasteiger partial charge in [-0.3, -0.25) is 10.1 Å². The van der Waals surface area contributed by atoms with Gasteiger partial charge in [-0.25, -0.2) is 4.39 Å². The molecule has 6 aromatic rings. The number of halogens is 1. The van der Waals surface area contributed by atoms with Crippen molar-refractivity contribution in [2.24, 2.45) is 0 Å². The van der Waals surface area contributed by atoms with E-state index in [1.807, 2.05) is 54.6 Å². The van der Waals surface area contributed by atoms with E-state index in [0.29, 0.717) is 0 Å². The molecule has 0 fully saturated rings. The molecule has 0 amide bonds. The van der Waals surface area contributed by atoms with Gasteiger partial charge in [0.15, 0.2) is 0 Å². The van der Waals surface area contributed by atoms with Gasteiger partial charge >= 0.3 is 0 Å². The van der Waals surface area contributed by atoms with E-state index in [-0.39, 0.29) is 5.82 Å². The summed E-state index contributed by atoms with van der Waals surface area (Å²) in [4.78, 5) is 7.94. The van der Waals surface area contributed by atoms with Crippen LogP contribution in [0.25, 0.3) is 55.6 Å². The van der Waals surface area contributed by atoms with Gasteiger partial charge in [0.25, 0.3) is 0 Å². The third-order valence-electron chi connectivity index (χ3n) is 5.58. The Balaban J connectivity index is 1.52. The van der Waals surface area contributed by atoms with Crippen molar-refractivity contribution in [2.75, 3.05) is 0 Å². The van der Waals surface area contributed by atoms with E-state index >= 15 is 0 Å². The maximum atomic E-state index is 13.8. The highest BCUT2D eigenvalue weighted by atomic mass is 19.1. The summed E-state index contributed by atoms with van der Waals surface area (Å²) >= 11 is 0. The molecule has 5 heteroatoms. The third kappa shape index (κ3) is 2.99. The normalized spacial score (nSPS) is 11.4. The van der Waals surface area contributed by atoms with Crippen molar-refractivity contribution in [1.82, 2.24) is 20.2 Å². The molecule has 31 heavy (non-hydrogen) atoms. The highest BCUT2D eigenvalue weighted by Gasteiger charge is 2.14. The van der Waals surface area contributed by atoms with E-state index in [9.17, 15) is 4.39 Å². The molecule has 0 saturated heterocycles. The lowest BCUT2D eigenvalue weighted by molar-refractivity contribution is 0.628. The van der Waals surface area contributed by atoms with Gasteiger partial charge in [0, 0.05) is 28.0 Å². The lowest BCUT2D eigenvalue weighted by Gasteiger charge is -2.03. The Labute approximate surface area is 177 Å². The molecular weight excluding hydrogens is 387 g/mol. The van der Waals surface area contributed by atoms with Gasteiger partial charge < -0.3 is 4.98 Å². The van der Waals surface area contributed by atoms with Gasteiger partial charge in [0.1, 0.15) is 11.5 Å². The molecule has 0 unspecified atom stereocenters. The predicted octanol–water partition coefficient (Wildman–Crippen LogP) is 6.58. The van der Waals surface area contributed by atoms with E-state index in [1.165, 1.54) is 6.07 Å². The summed E-state index contributed by atoms with van der Waals surface area (Å²) in [6.07, 6.45) is 1.79. The van der Waals surface area contributed by atoms with Crippen LogP contribution >= 0.6 is 0 Å². The molecule has 6 rings (SSSR count). The van der Waals surface area contributed by atoms with Gasteiger partial charge in [-0.2, -0.15) is 5.10 Å². The molecule has 148 valence electrons. The van der Waals surface area contributed by atoms with Gasteiger partial charge in [-0.1, -0.05) is 36.4 Å². The van der Waals surface area contributed by atoms with E-state index in [2.05, 4.69) is 32.3 Å². The first-order valence-corrected chi connectivity index (χ1v) is 10.0. The SMILES string of the molecule is Fc1cccc(-c2cccc3[nH]c(-c4n[nH]c5ccc(-c6ccccn6)cc45)cc23)c1. The minimum absolute atomic E-state index is 0.245. The van der Waals surface area contributed by atoms with E-state index in [4.69, 9.17) is 0 Å². The topological polar surface area (TPSA) is 57.4 Å². The smallest absolute Gasteiger partial charge is 0.123 e. The number of pyridine rings is 1. The van der Waals surface area contributed by atoms with Crippen LogP contribution in [0.3, 0.4) is 0 Å². The number of fused-ring (bicyclic) bond motifs is 2. The zero-order chi connectivity index (χ0) is 20.8. The molecule has 4 nitrogen and oxygen atoms in total. The Morgan fingerprint density at radius 3 is 2.52 bits per heavy atom. The fourth-order valence-electron chi connectivity index (χ4n) is 4.10. The molecule has 0 atom stereocenters. The van der Waals surface area contributed by atoms with Crippen molar-refractivity contribution in [2.45, 2.75) is 0 Å². The summed E-state index contributed by atoms with van der Waals surface area (Å²) in [6, 6.07) is 26.8. The molecule has 0 aliphatic carbocycles. The maximum absolute atomic E-state index is 13.8. The molecular formula is C26H17FN4. The number of hydrogen-bond acceptors (Lipinski definition) is 2. The fourth-order valence-corrected chi connectivity index (χ4v) is 4.10. The van der Waals surface area contributed by atoms with Crippen LogP contribution in [0, 0.1) is 5.82 Å². The van der Waals surface area contributed by atoms with Gasteiger partial charge in [0.05, 0.1) is 16.9 Å². The number of aromatic amines is 2. The number of nitrogens with zero attached hydrogens (tertiary/aromatic N) is 2. The molecule has 3 heterocycles. The molecule has 3 aromatic heterocycles. The Morgan fingerprint density at radius 1 is 0.710 bits per heavy atom. The Hall–Kier alpha value is -4.25. The van der Waals surface area contributed by atoms with E-state index < -0.39 is 0 Å². The van der Waals surface area contributed by atoms with Crippen LogP contribution in [0.5, 0.6) is 0 Å². The molecule has 0 saturated carbocycles. The van der Waals surface area contributed by atoms with Crippen molar-refractivity contribution in [1.29, 1.82) is 0 Å². The first-order chi connectivity index (χ1) is 15.3. The minimum atomic E-state index is -0.245. The average Bonchev–Trinajstić information content (AvgIpc) is 3.43. The van der Waals surface area contributed by atoms with Gasteiger partial charge in [-0.05, 0) is 59.7 Å². The number of hydrogen-bond donors (Lipinski definition) is 2.